The second-order valence-corrected chi connectivity index (χ2v) is 5.58. The second kappa shape index (κ2) is 6.72. The summed E-state index contributed by atoms with van der Waals surface area (Å²) in [5.41, 5.74) is 0. The first-order valence-electron chi connectivity index (χ1n) is 7.38. The number of rotatable bonds is 7. The zero-order chi connectivity index (χ0) is 12.1. The van der Waals surface area contributed by atoms with Crippen LogP contribution in [0.5, 0.6) is 0 Å². The van der Waals surface area contributed by atoms with Crippen molar-refractivity contribution < 1.29 is 4.74 Å². The third-order valence-corrected chi connectivity index (χ3v) is 3.99. The van der Waals surface area contributed by atoms with Crippen molar-refractivity contribution in [2.75, 3.05) is 26.3 Å². The highest BCUT2D eigenvalue weighted by molar-refractivity contribution is 4.90. The van der Waals surface area contributed by atoms with Crippen molar-refractivity contribution in [3.05, 3.63) is 0 Å². The predicted octanol–water partition coefficient (Wildman–Crippen LogP) is 2.02. The molecule has 2 unspecified atom stereocenters. The van der Waals surface area contributed by atoms with Crippen LogP contribution in [0, 0.1) is 0 Å². The molecule has 0 radical (unpaired) electrons. The van der Waals surface area contributed by atoms with Crippen molar-refractivity contribution in [2.45, 2.75) is 64.1 Å². The van der Waals surface area contributed by atoms with Crippen LogP contribution in [0.4, 0.5) is 0 Å². The number of ether oxygens (including phenoxy) is 1. The van der Waals surface area contributed by atoms with E-state index in [1.54, 1.807) is 0 Å². The van der Waals surface area contributed by atoms with Crippen molar-refractivity contribution >= 4 is 0 Å². The van der Waals surface area contributed by atoms with Crippen molar-refractivity contribution in [3.63, 3.8) is 0 Å². The van der Waals surface area contributed by atoms with Gasteiger partial charge in [0.05, 0.1) is 6.61 Å². The fraction of sp³-hybridized carbons (Fsp3) is 1.00. The second-order valence-electron chi connectivity index (χ2n) is 5.58. The van der Waals surface area contributed by atoms with E-state index in [4.69, 9.17) is 4.74 Å². The Labute approximate surface area is 106 Å². The first-order valence-corrected chi connectivity index (χ1v) is 7.38. The van der Waals surface area contributed by atoms with Gasteiger partial charge in [0.15, 0.2) is 0 Å². The van der Waals surface area contributed by atoms with Gasteiger partial charge < -0.3 is 10.1 Å². The molecule has 2 rings (SSSR count). The van der Waals surface area contributed by atoms with Gasteiger partial charge in [-0.1, -0.05) is 6.42 Å². The normalized spacial score (nSPS) is 27.4. The number of nitrogens with one attached hydrogen (secondary N) is 1. The van der Waals surface area contributed by atoms with Gasteiger partial charge in [-0.25, -0.2) is 0 Å². The zero-order valence-corrected chi connectivity index (χ0v) is 11.5. The summed E-state index contributed by atoms with van der Waals surface area (Å²) >= 11 is 0. The number of hydrogen-bond acceptors (Lipinski definition) is 3. The van der Waals surface area contributed by atoms with Gasteiger partial charge in [-0.3, -0.25) is 4.90 Å². The van der Waals surface area contributed by atoms with Crippen LogP contribution >= 0.6 is 0 Å². The van der Waals surface area contributed by atoms with Gasteiger partial charge in [0.25, 0.3) is 0 Å². The third-order valence-electron chi connectivity index (χ3n) is 3.99. The topological polar surface area (TPSA) is 24.5 Å². The minimum absolute atomic E-state index is 0.575. The smallest absolute Gasteiger partial charge is 0.0619 e. The summed E-state index contributed by atoms with van der Waals surface area (Å²) < 4.78 is 5.58. The molecular weight excluding hydrogens is 212 g/mol. The number of hydrogen-bond donors (Lipinski definition) is 1. The van der Waals surface area contributed by atoms with Crippen LogP contribution < -0.4 is 5.32 Å². The average molecular weight is 240 g/mol. The van der Waals surface area contributed by atoms with Crippen LogP contribution in [0.3, 0.4) is 0 Å². The minimum Gasteiger partial charge on any atom is -0.380 e. The summed E-state index contributed by atoms with van der Waals surface area (Å²) in [6.07, 6.45) is 6.89. The van der Waals surface area contributed by atoms with Gasteiger partial charge >= 0.3 is 0 Å². The molecule has 2 aliphatic rings. The molecule has 0 bridgehead atoms. The van der Waals surface area contributed by atoms with E-state index in [0.717, 1.165) is 19.3 Å². The standard InChI is InChI=1S/C14H28N2O/c1-3-17-11-12(2)16(14-7-8-14)10-13-6-4-5-9-15-13/h12-15H,3-11H2,1-2H3. The molecule has 1 N–H and O–H groups in total. The van der Waals surface area contributed by atoms with E-state index in [2.05, 4.69) is 24.1 Å². The van der Waals surface area contributed by atoms with Gasteiger partial charge in [-0.2, -0.15) is 0 Å². The maximum absolute atomic E-state index is 5.58. The highest BCUT2D eigenvalue weighted by atomic mass is 16.5. The van der Waals surface area contributed by atoms with E-state index in [0.29, 0.717) is 12.1 Å². The van der Waals surface area contributed by atoms with Gasteiger partial charge in [0, 0.05) is 31.3 Å². The van der Waals surface area contributed by atoms with Crippen LogP contribution in [0.2, 0.25) is 0 Å². The first kappa shape index (κ1) is 13.3. The third kappa shape index (κ3) is 4.23. The Bertz CT molecular complexity index is 212. The summed E-state index contributed by atoms with van der Waals surface area (Å²) in [5, 5.41) is 3.66. The molecule has 1 aliphatic carbocycles. The monoisotopic (exact) mass is 240 g/mol. The maximum atomic E-state index is 5.58. The number of piperidine rings is 1. The quantitative estimate of drug-likeness (QED) is 0.737. The lowest BCUT2D eigenvalue weighted by atomic mass is 10.0. The van der Waals surface area contributed by atoms with E-state index in [-0.39, 0.29) is 0 Å². The Morgan fingerprint density at radius 3 is 2.71 bits per heavy atom. The first-order chi connectivity index (χ1) is 8.31. The lowest BCUT2D eigenvalue weighted by Crippen LogP contribution is -2.48. The van der Waals surface area contributed by atoms with Crippen molar-refractivity contribution in [1.82, 2.24) is 10.2 Å². The van der Waals surface area contributed by atoms with Crippen LogP contribution in [0.15, 0.2) is 0 Å². The fourth-order valence-corrected chi connectivity index (χ4v) is 2.81. The van der Waals surface area contributed by atoms with E-state index in [1.165, 1.54) is 45.2 Å². The van der Waals surface area contributed by atoms with Gasteiger partial charge in [-0.05, 0) is 46.1 Å². The lowest BCUT2D eigenvalue weighted by molar-refractivity contribution is 0.0622. The maximum Gasteiger partial charge on any atom is 0.0619 e. The molecule has 0 aromatic rings. The SMILES string of the molecule is CCOCC(C)N(CC1CCCCN1)C1CC1. The molecule has 1 saturated carbocycles. The Hall–Kier alpha value is -0.120. The Morgan fingerprint density at radius 1 is 1.29 bits per heavy atom. The molecular formula is C14H28N2O. The molecule has 1 saturated heterocycles. The molecule has 0 aromatic carbocycles. The summed E-state index contributed by atoms with van der Waals surface area (Å²) in [7, 11) is 0. The Balaban J connectivity index is 1.78. The molecule has 2 fully saturated rings. The fourth-order valence-electron chi connectivity index (χ4n) is 2.81. The van der Waals surface area contributed by atoms with Crippen LogP contribution in [0.25, 0.3) is 0 Å². The van der Waals surface area contributed by atoms with Gasteiger partial charge in [-0.15, -0.1) is 0 Å². The molecule has 2 atom stereocenters. The largest absolute Gasteiger partial charge is 0.380 e. The zero-order valence-electron chi connectivity index (χ0n) is 11.5. The van der Waals surface area contributed by atoms with E-state index in [1.807, 2.05) is 0 Å². The Kier molecular flexibility index (Phi) is 5.26. The molecule has 100 valence electrons. The molecule has 0 amide bonds. The van der Waals surface area contributed by atoms with Crippen LogP contribution in [-0.2, 0) is 4.74 Å². The van der Waals surface area contributed by atoms with Crippen molar-refractivity contribution in [2.24, 2.45) is 0 Å². The highest BCUT2D eigenvalue weighted by Gasteiger charge is 2.33. The summed E-state index contributed by atoms with van der Waals surface area (Å²) in [6, 6.07) is 2.13. The summed E-state index contributed by atoms with van der Waals surface area (Å²) in [6.45, 7) is 8.56. The average Bonchev–Trinajstić information content (AvgIpc) is 3.18. The van der Waals surface area contributed by atoms with Gasteiger partial charge in [0.2, 0.25) is 0 Å². The predicted molar refractivity (Wildman–Crippen MR) is 71.3 cm³/mol. The lowest BCUT2D eigenvalue weighted by Gasteiger charge is -2.34. The van der Waals surface area contributed by atoms with E-state index < -0.39 is 0 Å². The van der Waals surface area contributed by atoms with E-state index >= 15 is 0 Å². The molecule has 17 heavy (non-hydrogen) atoms. The van der Waals surface area contributed by atoms with Crippen molar-refractivity contribution in [1.29, 1.82) is 0 Å². The molecule has 3 nitrogen and oxygen atoms in total. The van der Waals surface area contributed by atoms with Gasteiger partial charge in [0.1, 0.15) is 0 Å². The molecule has 3 heteroatoms. The van der Waals surface area contributed by atoms with Crippen LogP contribution in [0.1, 0.15) is 46.0 Å². The molecule has 0 spiro atoms. The highest BCUT2D eigenvalue weighted by Crippen LogP contribution is 2.29. The summed E-state index contributed by atoms with van der Waals surface area (Å²) in [4.78, 5) is 2.68. The molecule has 0 aromatic heterocycles. The van der Waals surface area contributed by atoms with Crippen LogP contribution in [-0.4, -0.2) is 49.3 Å². The number of nitrogens with zero attached hydrogens (tertiary/aromatic N) is 1. The van der Waals surface area contributed by atoms with E-state index in [9.17, 15) is 0 Å². The van der Waals surface area contributed by atoms with Crippen molar-refractivity contribution in [3.8, 4) is 0 Å². The summed E-state index contributed by atoms with van der Waals surface area (Å²) in [5.74, 6) is 0. The molecule has 1 heterocycles. The Morgan fingerprint density at radius 2 is 2.12 bits per heavy atom. The molecule has 1 aliphatic heterocycles. The minimum atomic E-state index is 0.575.